The van der Waals surface area contributed by atoms with Crippen molar-refractivity contribution in [3.63, 3.8) is 0 Å². The molecule has 0 unspecified atom stereocenters. The number of ether oxygens (including phenoxy) is 3. The zero-order chi connectivity index (χ0) is 15.2. The lowest BCUT2D eigenvalue weighted by Gasteiger charge is -2.24. The van der Waals surface area contributed by atoms with Crippen LogP contribution in [0.15, 0.2) is 0 Å². The van der Waals surface area contributed by atoms with Gasteiger partial charge >= 0.3 is 12.1 Å². The van der Waals surface area contributed by atoms with Gasteiger partial charge in [0.1, 0.15) is 5.60 Å². The minimum Gasteiger partial charge on any atom is -0.461 e. The van der Waals surface area contributed by atoms with E-state index in [0.29, 0.717) is 6.61 Å². The second kappa shape index (κ2) is 7.47. The molecule has 6 nitrogen and oxygen atoms in total. The molecule has 20 heavy (non-hydrogen) atoms. The van der Waals surface area contributed by atoms with Gasteiger partial charge in [0, 0.05) is 6.61 Å². The molecule has 1 rings (SSSR count). The molecule has 0 saturated carbocycles. The number of alkyl carbamates (subject to hydrolysis) is 1. The summed E-state index contributed by atoms with van der Waals surface area (Å²) in [7, 11) is 0. The van der Waals surface area contributed by atoms with Gasteiger partial charge in [0.25, 0.3) is 0 Å². The number of hydrogen-bond acceptors (Lipinski definition) is 5. The maximum atomic E-state index is 12.0. The Morgan fingerprint density at radius 1 is 1.35 bits per heavy atom. The van der Waals surface area contributed by atoms with Crippen molar-refractivity contribution in [1.82, 2.24) is 5.32 Å². The van der Waals surface area contributed by atoms with Crippen molar-refractivity contribution in [1.29, 1.82) is 0 Å². The van der Waals surface area contributed by atoms with Crippen molar-refractivity contribution in [2.24, 2.45) is 0 Å². The van der Waals surface area contributed by atoms with E-state index in [1.54, 1.807) is 20.8 Å². The second-order valence-electron chi connectivity index (χ2n) is 6.02. The largest absolute Gasteiger partial charge is 0.461 e. The van der Waals surface area contributed by atoms with E-state index in [0.717, 1.165) is 19.3 Å². The van der Waals surface area contributed by atoms with E-state index >= 15 is 0 Å². The number of carbonyl (C=O) groups excluding carboxylic acids is 2. The fourth-order valence-electron chi connectivity index (χ4n) is 1.79. The summed E-state index contributed by atoms with van der Waals surface area (Å²) < 4.78 is 15.8. The number of amides is 1. The zero-order valence-electron chi connectivity index (χ0n) is 12.7. The van der Waals surface area contributed by atoms with Crippen LogP contribution in [0.3, 0.4) is 0 Å². The van der Waals surface area contributed by atoms with Gasteiger partial charge in [0.2, 0.25) is 0 Å². The zero-order valence-corrected chi connectivity index (χ0v) is 12.7. The summed E-state index contributed by atoms with van der Waals surface area (Å²) in [6, 6.07) is -0.828. The van der Waals surface area contributed by atoms with E-state index in [4.69, 9.17) is 14.2 Å². The molecule has 1 fully saturated rings. The summed E-state index contributed by atoms with van der Waals surface area (Å²) in [5.74, 6) is -0.481. The normalized spacial score (nSPS) is 25.5. The van der Waals surface area contributed by atoms with Crippen LogP contribution in [0.4, 0.5) is 4.79 Å². The van der Waals surface area contributed by atoms with Crippen molar-refractivity contribution in [3.8, 4) is 0 Å². The Balaban J connectivity index is 2.58. The van der Waals surface area contributed by atoms with E-state index < -0.39 is 23.7 Å². The van der Waals surface area contributed by atoms with Gasteiger partial charge < -0.3 is 19.5 Å². The summed E-state index contributed by atoms with van der Waals surface area (Å²) in [5, 5.41) is 2.50. The van der Waals surface area contributed by atoms with Crippen molar-refractivity contribution in [3.05, 3.63) is 0 Å². The molecule has 1 aliphatic heterocycles. The third-order valence-electron chi connectivity index (χ3n) is 2.73. The predicted molar refractivity (Wildman–Crippen MR) is 73.4 cm³/mol. The summed E-state index contributed by atoms with van der Waals surface area (Å²) in [4.78, 5) is 23.7. The smallest absolute Gasteiger partial charge is 0.408 e. The second-order valence-corrected chi connectivity index (χ2v) is 6.02. The van der Waals surface area contributed by atoms with E-state index in [9.17, 15) is 9.59 Å². The number of hydrogen-bond donors (Lipinski definition) is 1. The highest BCUT2D eigenvalue weighted by Gasteiger charge is 2.27. The van der Waals surface area contributed by atoms with E-state index in [1.165, 1.54) is 0 Å². The lowest BCUT2D eigenvalue weighted by atomic mass is 10.1. The number of esters is 1. The molecule has 0 aromatic carbocycles. The molecular weight excluding hydrogens is 262 g/mol. The van der Waals surface area contributed by atoms with Gasteiger partial charge in [-0.1, -0.05) is 0 Å². The van der Waals surface area contributed by atoms with Gasteiger partial charge in [-0.25, -0.2) is 9.59 Å². The Morgan fingerprint density at radius 2 is 2.05 bits per heavy atom. The fourth-order valence-corrected chi connectivity index (χ4v) is 1.79. The first-order chi connectivity index (χ1) is 9.28. The van der Waals surface area contributed by atoms with Crippen LogP contribution in [0, 0.1) is 0 Å². The number of carbonyl (C=O) groups is 2. The van der Waals surface area contributed by atoms with Crippen LogP contribution in [0.2, 0.25) is 0 Å². The van der Waals surface area contributed by atoms with Crippen molar-refractivity contribution >= 4 is 12.1 Å². The van der Waals surface area contributed by atoms with Crippen LogP contribution in [0.5, 0.6) is 0 Å². The van der Waals surface area contributed by atoms with Crippen molar-refractivity contribution in [2.45, 2.75) is 64.7 Å². The summed E-state index contributed by atoms with van der Waals surface area (Å²) in [6.45, 7) is 7.81. The molecule has 1 amide bonds. The minimum absolute atomic E-state index is 0.102. The van der Waals surface area contributed by atoms with Crippen LogP contribution in [-0.2, 0) is 19.0 Å². The number of cyclic esters (lactones) is 1. The monoisotopic (exact) mass is 287 g/mol. The highest BCUT2D eigenvalue weighted by Crippen LogP contribution is 2.10. The molecule has 0 bridgehead atoms. The van der Waals surface area contributed by atoms with Gasteiger partial charge in [-0.3, -0.25) is 0 Å². The quantitative estimate of drug-likeness (QED) is 0.747. The number of nitrogens with one attached hydrogen (secondary N) is 1. The molecule has 1 aliphatic rings. The number of rotatable bonds is 1. The maximum Gasteiger partial charge on any atom is 0.408 e. The van der Waals surface area contributed by atoms with Gasteiger partial charge in [0.05, 0.1) is 12.7 Å². The summed E-state index contributed by atoms with van der Waals surface area (Å²) >= 11 is 0. The Bertz CT molecular complexity index is 337. The predicted octanol–water partition coefficient (Wildman–Crippen LogP) is 2.01. The van der Waals surface area contributed by atoms with Crippen LogP contribution in [0.25, 0.3) is 0 Å². The molecule has 1 heterocycles. The standard InChI is InChI=1S/C14H25NO5/c1-10-7-5-6-8-18-9-11(12(16)19-10)15-13(17)20-14(2,3)4/h10-11H,5-9H2,1-4H3,(H,15,17)/t10-,11-/m0/s1. The third-order valence-corrected chi connectivity index (χ3v) is 2.73. The van der Waals surface area contributed by atoms with Crippen LogP contribution in [0.1, 0.15) is 47.0 Å². The van der Waals surface area contributed by atoms with E-state index in [-0.39, 0.29) is 12.7 Å². The topological polar surface area (TPSA) is 73.9 Å². The van der Waals surface area contributed by atoms with Crippen molar-refractivity contribution < 1.29 is 23.8 Å². The average molecular weight is 287 g/mol. The molecule has 0 aliphatic carbocycles. The average Bonchev–Trinajstić information content (AvgIpc) is 2.28. The summed E-state index contributed by atoms with van der Waals surface area (Å²) in [5.41, 5.74) is -0.613. The molecule has 0 spiro atoms. The lowest BCUT2D eigenvalue weighted by Crippen LogP contribution is -2.47. The molecule has 6 heteroatoms. The first-order valence-electron chi connectivity index (χ1n) is 7.05. The van der Waals surface area contributed by atoms with Gasteiger partial charge in [0.15, 0.2) is 6.04 Å². The molecule has 116 valence electrons. The van der Waals surface area contributed by atoms with E-state index in [1.807, 2.05) is 6.92 Å². The fraction of sp³-hybridized carbons (Fsp3) is 0.857. The Morgan fingerprint density at radius 3 is 2.70 bits per heavy atom. The van der Waals surface area contributed by atoms with Crippen LogP contribution < -0.4 is 5.32 Å². The van der Waals surface area contributed by atoms with Crippen molar-refractivity contribution in [2.75, 3.05) is 13.2 Å². The summed E-state index contributed by atoms with van der Waals surface area (Å²) in [6.07, 6.45) is 1.88. The molecule has 0 radical (unpaired) electrons. The highest BCUT2D eigenvalue weighted by atomic mass is 16.6. The van der Waals surface area contributed by atoms with Crippen LogP contribution >= 0.6 is 0 Å². The molecule has 2 atom stereocenters. The molecule has 1 N–H and O–H groups in total. The maximum absolute atomic E-state index is 12.0. The Hall–Kier alpha value is -1.30. The Labute approximate surface area is 120 Å². The Kier molecular flexibility index (Phi) is 6.26. The van der Waals surface area contributed by atoms with Gasteiger partial charge in [-0.05, 0) is 47.0 Å². The molecule has 0 aromatic rings. The molecule has 0 aromatic heterocycles. The molecular formula is C14H25NO5. The minimum atomic E-state index is -0.828. The first-order valence-corrected chi connectivity index (χ1v) is 7.05. The first kappa shape index (κ1) is 16.8. The van der Waals surface area contributed by atoms with Gasteiger partial charge in [-0.15, -0.1) is 0 Å². The lowest BCUT2D eigenvalue weighted by molar-refractivity contribution is -0.153. The molecule has 1 saturated heterocycles. The highest BCUT2D eigenvalue weighted by molar-refractivity contribution is 5.81. The third kappa shape index (κ3) is 6.75. The van der Waals surface area contributed by atoms with Gasteiger partial charge in [-0.2, -0.15) is 0 Å². The SMILES string of the molecule is C[C@H]1CCCCOC[C@H](NC(=O)OC(C)(C)C)C(=O)O1. The van der Waals surface area contributed by atoms with E-state index in [2.05, 4.69) is 5.32 Å². The van der Waals surface area contributed by atoms with Crippen LogP contribution in [-0.4, -0.2) is 43.0 Å².